The van der Waals surface area contributed by atoms with Crippen molar-refractivity contribution >= 4 is 11.0 Å². The van der Waals surface area contributed by atoms with E-state index >= 15 is 0 Å². The Morgan fingerprint density at radius 2 is 1.00 bits per heavy atom. The molecule has 5 heteroatoms. The zero-order valence-electron chi connectivity index (χ0n) is 25.8. The molecule has 2 heterocycles. The first-order chi connectivity index (χ1) is 23.1. The van der Waals surface area contributed by atoms with Gasteiger partial charge in [0, 0.05) is 23.7 Å². The maximum atomic E-state index is 13.2. The Balaban J connectivity index is 1.22. The van der Waals surface area contributed by atoms with Crippen LogP contribution in [0.15, 0.2) is 169 Å². The van der Waals surface area contributed by atoms with Gasteiger partial charge in [-0.05, 0) is 52.6 Å². The Hall–Kier alpha value is -6.33. The highest BCUT2D eigenvalue weighted by atomic mass is 16.1. The predicted octanol–water partition coefficient (Wildman–Crippen LogP) is 9.45. The molecule has 47 heavy (non-hydrogen) atoms. The summed E-state index contributed by atoms with van der Waals surface area (Å²) in [5, 5.41) is 0. The van der Waals surface area contributed by atoms with E-state index in [0.717, 1.165) is 67.1 Å². The monoisotopic (exact) mass is 606 g/mol. The Morgan fingerprint density at radius 3 is 1.70 bits per heavy atom. The van der Waals surface area contributed by atoms with E-state index in [2.05, 4.69) is 91.0 Å². The number of para-hydroxylation sites is 1. The molecule has 0 N–H and O–H groups in total. The van der Waals surface area contributed by atoms with Crippen LogP contribution in [-0.4, -0.2) is 19.1 Å². The van der Waals surface area contributed by atoms with Gasteiger partial charge >= 0.3 is 5.69 Å². The molecule has 6 aromatic carbocycles. The van der Waals surface area contributed by atoms with E-state index in [9.17, 15) is 4.79 Å². The molecule has 8 rings (SSSR count). The van der Waals surface area contributed by atoms with Gasteiger partial charge in [-0.2, -0.15) is 0 Å². The van der Waals surface area contributed by atoms with Gasteiger partial charge in [-0.25, -0.2) is 14.8 Å². The van der Waals surface area contributed by atoms with E-state index in [0.29, 0.717) is 5.82 Å². The molecule has 0 unspecified atom stereocenters. The second kappa shape index (κ2) is 11.9. The zero-order chi connectivity index (χ0) is 31.7. The molecule has 0 saturated heterocycles. The maximum absolute atomic E-state index is 13.2. The topological polar surface area (TPSA) is 52.7 Å². The third kappa shape index (κ3) is 5.24. The summed E-state index contributed by atoms with van der Waals surface area (Å²) in [6, 6.07) is 55.4. The van der Waals surface area contributed by atoms with Gasteiger partial charge in [-0.1, -0.05) is 133 Å². The number of imidazole rings is 1. The first-order valence-electron chi connectivity index (χ1n) is 15.6. The minimum atomic E-state index is -0.0682. The van der Waals surface area contributed by atoms with Crippen molar-refractivity contribution in [2.24, 2.45) is 7.05 Å². The first-order valence-corrected chi connectivity index (χ1v) is 15.6. The smallest absolute Gasteiger partial charge is 0.295 e. The number of benzene rings is 6. The van der Waals surface area contributed by atoms with Crippen LogP contribution < -0.4 is 5.69 Å². The number of aryl methyl sites for hydroxylation is 1. The molecule has 224 valence electrons. The lowest BCUT2D eigenvalue weighted by molar-refractivity contribution is 0.846. The molecule has 0 radical (unpaired) electrons. The molecule has 0 spiro atoms. The van der Waals surface area contributed by atoms with Crippen molar-refractivity contribution < 1.29 is 0 Å². The van der Waals surface area contributed by atoms with Gasteiger partial charge in [-0.15, -0.1) is 0 Å². The fraction of sp³-hybridized carbons (Fsp3) is 0.0238. The van der Waals surface area contributed by atoms with Gasteiger partial charge in [0.05, 0.1) is 28.1 Å². The Kier molecular flexibility index (Phi) is 7.12. The number of nitrogens with zero attached hydrogens (tertiary/aromatic N) is 4. The largest absolute Gasteiger partial charge is 0.333 e. The van der Waals surface area contributed by atoms with Crippen molar-refractivity contribution in [3.63, 3.8) is 0 Å². The molecule has 0 aliphatic heterocycles. The van der Waals surface area contributed by atoms with Crippen LogP contribution in [0.1, 0.15) is 0 Å². The van der Waals surface area contributed by atoms with Crippen LogP contribution in [0.2, 0.25) is 0 Å². The highest BCUT2D eigenvalue weighted by Gasteiger charge is 2.16. The molecule has 0 atom stereocenters. The normalized spacial score (nSPS) is 11.2. The van der Waals surface area contributed by atoms with Gasteiger partial charge < -0.3 is 0 Å². The van der Waals surface area contributed by atoms with Crippen LogP contribution in [-0.2, 0) is 7.05 Å². The fourth-order valence-corrected chi connectivity index (χ4v) is 6.21. The Labute approximate surface area is 272 Å². The number of hydrogen-bond acceptors (Lipinski definition) is 3. The van der Waals surface area contributed by atoms with E-state index < -0.39 is 0 Å². The summed E-state index contributed by atoms with van der Waals surface area (Å²) in [7, 11) is 1.82. The lowest BCUT2D eigenvalue weighted by Crippen LogP contribution is -2.20. The van der Waals surface area contributed by atoms with Crippen molar-refractivity contribution in [2.45, 2.75) is 0 Å². The molecule has 0 bridgehead atoms. The maximum Gasteiger partial charge on any atom is 0.333 e. The van der Waals surface area contributed by atoms with Crippen molar-refractivity contribution in [3.05, 3.63) is 174 Å². The molecule has 0 saturated carbocycles. The molecule has 0 fully saturated rings. The Morgan fingerprint density at radius 1 is 0.447 bits per heavy atom. The minimum absolute atomic E-state index is 0.0682. The lowest BCUT2D eigenvalue weighted by atomic mass is 9.96. The van der Waals surface area contributed by atoms with E-state index in [-0.39, 0.29) is 5.69 Å². The first kappa shape index (κ1) is 28.2. The second-order valence-electron chi connectivity index (χ2n) is 11.5. The zero-order valence-corrected chi connectivity index (χ0v) is 25.8. The average Bonchev–Trinajstić information content (AvgIpc) is 3.40. The quantitative estimate of drug-likeness (QED) is 0.189. The summed E-state index contributed by atoms with van der Waals surface area (Å²) >= 11 is 0. The van der Waals surface area contributed by atoms with Gasteiger partial charge in [0.1, 0.15) is 0 Å². The summed E-state index contributed by atoms with van der Waals surface area (Å²) in [5.41, 5.74) is 11.6. The number of hydrogen-bond donors (Lipinski definition) is 0. The van der Waals surface area contributed by atoms with Crippen LogP contribution in [0.4, 0.5) is 0 Å². The average molecular weight is 607 g/mol. The van der Waals surface area contributed by atoms with Crippen LogP contribution in [0, 0.1) is 0 Å². The minimum Gasteiger partial charge on any atom is -0.295 e. The summed E-state index contributed by atoms with van der Waals surface area (Å²) in [6.45, 7) is 0. The van der Waals surface area contributed by atoms with Crippen LogP contribution in [0.25, 0.3) is 72.9 Å². The van der Waals surface area contributed by atoms with E-state index in [1.165, 1.54) is 0 Å². The third-order valence-corrected chi connectivity index (χ3v) is 8.63. The van der Waals surface area contributed by atoms with Gasteiger partial charge in [0.15, 0.2) is 5.82 Å². The Bertz CT molecular complexity index is 2410. The van der Waals surface area contributed by atoms with Crippen molar-refractivity contribution in [1.82, 2.24) is 19.1 Å². The number of fused-ring (bicyclic) bond motifs is 1. The summed E-state index contributed by atoms with van der Waals surface area (Å²) < 4.78 is 3.47. The number of aromatic nitrogens is 4. The summed E-state index contributed by atoms with van der Waals surface area (Å²) in [4.78, 5) is 23.3. The van der Waals surface area contributed by atoms with Gasteiger partial charge in [-0.3, -0.25) is 9.13 Å². The fourth-order valence-electron chi connectivity index (χ4n) is 6.21. The number of rotatable bonds is 6. The molecule has 5 nitrogen and oxygen atoms in total. The molecule has 0 aliphatic carbocycles. The standard InChI is InChI=1S/C42H30N4O/c1-45-39-26-25-33(27-40(39)46(42(45)47)34-17-9-4-10-18-34)29-21-23-31(24-22-29)37-28-38(44-41(43-37)32-15-7-3-8-16-32)36-20-12-11-19-35(36)30-13-5-2-6-14-30/h2-28H,1H3. The van der Waals surface area contributed by atoms with E-state index in [1.807, 2.05) is 79.8 Å². The summed E-state index contributed by atoms with van der Waals surface area (Å²) in [5.74, 6) is 0.679. The molecule has 0 amide bonds. The molecule has 2 aromatic heterocycles. The second-order valence-corrected chi connectivity index (χ2v) is 11.5. The van der Waals surface area contributed by atoms with Crippen molar-refractivity contribution in [1.29, 1.82) is 0 Å². The summed E-state index contributed by atoms with van der Waals surface area (Å²) in [6.07, 6.45) is 0. The highest BCUT2D eigenvalue weighted by molar-refractivity contribution is 5.86. The van der Waals surface area contributed by atoms with E-state index in [4.69, 9.17) is 9.97 Å². The van der Waals surface area contributed by atoms with Crippen molar-refractivity contribution in [3.8, 4) is 61.8 Å². The highest BCUT2D eigenvalue weighted by Crippen LogP contribution is 2.35. The van der Waals surface area contributed by atoms with Crippen molar-refractivity contribution in [2.75, 3.05) is 0 Å². The van der Waals surface area contributed by atoms with Crippen LogP contribution in [0.3, 0.4) is 0 Å². The molecule has 0 aliphatic rings. The predicted molar refractivity (Wildman–Crippen MR) is 191 cm³/mol. The van der Waals surface area contributed by atoms with Crippen LogP contribution >= 0.6 is 0 Å². The van der Waals surface area contributed by atoms with Crippen LogP contribution in [0.5, 0.6) is 0 Å². The third-order valence-electron chi connectivity index (χ3n) is 8.63. The molecular weight excluding hydrogens is 576 g/mol. The van der Waals surface area contributed by atoms with E-state index in [1.54, 1.807) is 9.13 Å². The van der Waals surface area contributed by atoms with Gasteiger partial charge in [0.2, 0.25) is 0 Å². The SMILES string of the molecule is Cn1c(=O)n(-c2ccccc2)c2cc(-c3ccc(-c4cc(-c5ccccc5-c5ccccc5)nc(-c5ccccc5)n4)cc3)ccc21. The van der Waals surface area contributed by atoms with Gasteiger partial charge in [0.25, 0.3) is 0 Å². The molecular formula is C42H30N4O. The molecule has 8 aromatic rings. The lowest BCUT2D eigenvalue weighted by Gasteiger charge is -2.13.